The van der Waals surface area contributed by atoms with E-state index in [-0.39, 0.29) is 26.2 Å². The van der Waals surface area contributed by atoms with Crippen LogP contribution in [0.2, 0.25) is 39.3 Å². The molecule has 0 spiro atoms. The van der Waals surface area contributed by atoms with Crippen LogP contribution in [-0.4, -0.2) is 26.9 Å². The maximum Gasteiger partial charge on any atom is 0.0452 e. The van der Waals surface area contributed by atoms with Gasteiger partial charge in [-0.1, -0.05) is 39.3 Å². The monoisotopic (exact) mass is 449 g/mol. The molecule has 2 aliphatic rings. The maximum absolute atomic E-state index is 10.1. The third-order valence-electron chi connectivity index (χ3n) is 2.97. The quantitative estimate of drug-likeness (QED) is 0.458. The van der Waals surface area contributed by atoms with E-state index in [9.17, 15) is 5.11 Å². The van der Waals surface area contributed by atoms with Crippen molar-refractivity contribution in [2.24, 2.45) is 0 Å². The van der Waals surface area contributed by atoms with Crippen LogP contribution in [0.15, 0.2) is 5.20 Å². The van der Waals surface area contributed by atoms with Crippen LogP contribution >= 0.6 is 0 Å². The molecule has 0 amide bonds. The minimum atomic E-state index is -1.44. The van der Waals surface area contributed by atoms with Crippen LogP contribution in [0, 0.1) is 69.9 Å². The summed E-state index contributed by atoms with van der Waals surface area (Å²) in [5.41, 5.74) is 2.91. The van der Waals surface area contributed by atoms with E-state index in [0.717, 1.165) is 0 Å². The Kier molecular flexibility index (Phi) is 14.9. The van der Waals surface area contributed by atoms with Crippen LogP contribution in [0.4, 0.5) is 0 Å². The van der Waals surface area contributed by atoms with Crippen molar-refractivity contribution < 1.29 is 31.3 Å². The Balaban J connectivity index is 0. The van der Waals surface area contributed by atoms with Crippen molar-refractivity contribution in [1.29, 1.82) is 0 Å². The van der Waals surface area contributed by atoms with Gasteiger partial charge in [-0.3, -0.25) is 0 Å². The topological polar surface area (TPSA) is 20.2 Å². The van der Waals surface area contributed by atoms with Gasteiger partial charge in [0, 0.05) is 39.9 Å². The molecular weight excluding hydrogens is 416 g/mol. The molecule has 2 saturated carbocycles. The van der Waals surface area contributed by atoms with Gasteiger partial charge < -0.3 is 10.8 Å². The second-order valence-electron chi connectivity index (χ2n) is 8.48. The molecule has 0 aromatic carbocycles. The Morgan fingerprint density at radius 1 is 0.680 bits per heavy atom. The van der Waals surface area contributed by atoms with Crippen molar-refractivity contribution in [2.45, 2.75) is 58.7 Å². The molecule has 0 bridgehead atoms. The summed E-state index contributed by atoms with van der Waals surface area (Å²) in [7, 11) is -2.79. The zero-order valence-electron chi connectivity index (χ0n) is 17.2. The molecule has 2 fully saturated rings. The molecule has 0 atom stereocenters. The van der Waals surface area contributed by atoms with Gasteiger partial charge in [-0.2, -0.15) is 0 Å². The third-order valence-corrected chi connectivity index (χ3v) is 6.46. The van der Waals surface area contributed by atoms with Gasteiger partial charge in [0.25, 0.3) is 0 Å². The molecule has 0 aromatic heterocycles. The van der Waals surface area contributed by atoms with E-state index in [1.54, 1.807) is 0 Å². The molecule has 25 heavy (non-hydrogen) atoms. The second-order valence-corrected chi connectivity index (χ2v) is 18.2. The Bertz CT molecular complexity index is 310. The van der Waals surface area contributed by atoms with Crippen molar-refractivity contribution in [1.82, 2.24) is 0 Å². The molecule has 4 heteroatoms. The van der Waals surface area contributed by atoms with Gasteiger partial charge in [0.05, 0.1) is 0 Å². The summed E-state index contributed by atoms with van der Waals surface area (Å²) in [5.74, 6) is 0. The molecular formula is C21H35OSi2Zr-. The predicted molar refractivity (Wildman–Crippen MR) is 113 cm³/mol. The Morgan fingerprint density at radius 3 is 1.00 bits per heavy atom. The molecule has 0 aliphatic heterocycles. The summed E-state index contributed by atoms with van der Waals surface area (Å²) < 4.78 is 0. The average molecular weight is 451 g/mol. The first kappa shape index (κ1) is 28.2. The molecule has 2 aliphatic carbocycles. The zero-order valence-corrected chi connectivity index (χ0v) is 21.7. The summed E-state index contributed by atoms with van der Waals surface area (Å²) in [4.78, 5) is 0. The van der Waals surface area contributed by atoms with E-state index in [4.69, 9.17) is 0 Å². The predicted octanol–water partition coefficient (Wildman–Crippen LogP) is 5.28. The molecule has 138 valence electrons. The molecule has 2 rings (SSSR count). The molecule has 1 N–H and O–H groups in total. The van der Waals surface area contributed by atoms with Crippen LogP contribution in [-0.2, 0) is 26.2 Å². The largest absolute Gasteiger partial charge is 0.499 e. The Hall–Kier alpha value is 1.02. The van der Waals surface area contributed by atoms with Gasteiger partial charge in [0.15, 0.2) is 0 Å². The van der Waals surface area contributed by atoms with E-state index >= 15 is 0 Å². The van der Waals surface area contributed by atoms with Gasteiger partial charge in [-0.05, 0) is 78.1 Å². The van der Waals surface area contributed by atoms with Crippen LogP contribution in [0.1, 0.15) is 13.8 Å². The van der Waals surface area contributed by atoms with Crippen molar-refractivity contribution in [3.63, 3.8) is 0 Å². The second kappa shape index (κ2) is 13.2. The maximum atomic E-state index is 10.1. The fraction of sp³-hybridized carbons (Fsp3) is 0.429. The summed E-state index contributed by atoms with van der Waals surface area (Å²) in [6.07, 6.45) is 20.0. The van der Waals surface area contributed by atoms with E-state index in [2.05, 4.69) is 45.0 Å². The van der Waals surface area contributed by atoms with E-state index in [0.29, 0.717) is 0 Å². The van der Waals surface area contributed by atoms with Gasteiger partial charge in [0.2, 0.25) is 0 Å². The first-order valence-corrected chi connectivity index (χ1v) is 15.6. The summed E-state index contributed by atoms with van der Waals surface area (Å²) in [6.45, 7) is 17.4. The molecule has 10 radical (unpaired) electrons. The minimum absolute atomic E-state index is 0. The molecule has 0 aromatic rings. The van der Waals surface area contributed by atoms with Crippen molar-refractivity contribution in [3.8, 4) is 0 Å². The van der Waals surface area contributed by atoms with Crippen molar-refractivity contribution in [3.05, 3.63) is 75.1 Å². The molecule has 1 nitrogen and oxygen atoms in total. The van der Waals surface area contributed by atoms with E-state index < -0.39 is 21.7 Å². The van der Waals surface area contributed by atoms with Gasteiger partial charge in [-0.25, -0.2) is 5.20 Å². The SMILES string of the molecule is CC(C)(O)C(=[C-][Si](C)(C)C)[Si](C)(C)C.[CH]1[CH][CH][CH][CH]1.[CH]1[CH][CH][CH][CH]1.[Zr]. The first-order chi connectivity index (χ1) is 10.8. The van der Waals surface area contributed by atoms with Gasteiger partial charge in [0.1, 0.15) is 0 Å². The number of hydrogen-bond acceptors (Lipinski definition) is 1. The minimum Gasteiger partial charge on any atom is -0.499 e. The number of hydrogen-bond donors (Lipinski definition) is 1. The third kappa shape index (κ3) is 16.9. The molecule has 0 unspecified atom stereocenters. The van der Waals surface area contributed by atoms with Crippen molar-refractivity contribution in [2.75, 3.05) is 0 Å². The average Bonchev–Trinajstić information content (AvgIpc) is 3.10. The standard InChI is InChI=1S/C11H25OSi2.2C5H5.Zr/c1-11(2,12)10(14(6,7)8)9-13(3,4)5;2*1-2-4-5-3-1;/h12H,1-8H3;2*1-5H;/q-1;;;. The Labute approximate surface area is 180 Å². The fourth-order valence-corrected chi connectivity index (χ4v) is 7.79. The van der Waals surface area contributed by atoms with Crippen molar-refractivity contribution >= 4 is 16.1 Å². The normalized spacial score (nSPS) is 18.5. The Morgan fingerprint density at radius 2 is 0.920 bits per heavy atom. The van der Waals surface area contributed by atoms with Gasteiger partial charge in [-0.15, -0.1) is 8.07 Å². The number of aliphatic hydroxyl groups is 1. The molecule has 0 saturated heterocycles. The van der Waals surface area contributed by atoms with Gasteiger partial charge >= 0.3 is 0 Å². The summed E-state index contributed by atoms with van der Waals surface area (Å²) in [5, 5.41) is 11.3. The van der Waals surface area contributed by atoms with E-state index in [1.807, 2.05) is 78.1 Å². The zero-order chi connectivity index (χ0) is 18.9. The van der Waals surface area contributed by atoms with Crippen LogP contribution in [0.25, 0.3) is 0 Å². The number of rotatable bonds is 3. The van der Waals surface area contributed by atoms with Crippen LogP contribution in [0.5, 0.6) is 0 Å². The fourth-order valence-electron chi connectivity index (χ4n) is 2.27. The van der Waals surface area contributed by atoms with Crippen LogP contribution in [0.3, 0.4) is 0 Å². The first-order valence-electron chi connectivity index (χ1n) is 8.56. The molecule has 0 heterocycles. The summed E-state index contributed by atoms with van der Waals surface area (Å²) in [6, 6.07) is 0. The smallest absolute Gasteiger partial charge is 0.0452 e. The van der Waals surface area contributed by atoms with E-state index in [1.165, 1.54) is 5.20 Å². The van der Waals surface area contributed by atoms with Crippen LogP contribution < -0.4 is 0 Å². The summed E-state index contributed by atoms with van der Waals surface area (Å²) >= 11 is 0.